The Morgan fingerprint density at radius 1 is 1.26 bits per heavy atom. The normalized spacial score (nSPS) is 10.7. The lowest BCUT2D eigenvalue weighted by Gasteiger charge is -2.09. The number of anilines is 1. The van der Waals surface area contributed by atoms with Gasteiger partial charge >= 0.3 is 0 Å². The molecular formula is C12H8FN3O2S. The zero-order valence-corrected chi connectivity index (χ0v) is 10.4. The van der Waals surface area contributed by atoms with Crippen LogP contribution >= 0.6 is 0 Å². The van der Waals surface area contributed by atoms with Gasteiger partial charge in [0.05, 0.1) is 11.9 Å². The molecule has 0 radical (unpaired) electrons. The van der Waals surface area contributed by atoms with Crippen LogP contribution in [0.15, 0.2) is 47.6 Å². The Hall–Kier alpha value is -2.46. The molecule has 0 aliphatic heterocycles. The number of nitrogens with zero attached hydrogens (tertiary/aromatic N) is 2. The second kappa shape index (κ2) is 5.04. The van der Waals surface area contributed by atoms with E-state index in [2.05, 4.69) is 9.71 Å². The minimum atomic E-state index is -4.03. The Labute approximate surface area is 109 Å². The van der Waals surface area contributed by atoms with Crippen molar-refractivity contribution in [3.8, 4) is 6.07 Å². The van der Waals surface area contributed by atoms with Crippen molar-refractivity contribution < 1.29 is 12.8 Å². The van der Waals surface area contributed by atoms with Crippen LogP contribution < -0.4 is 4.72 Å². The van der Waals surface area contributed by atoms with E-state index in [1.807, 2.05) is 0 Å². The van der Waals surface area contributed by atoms with Gasteiger partial charge < -0.3 is 0 Å². The van der Waals surface area contributed by atoms with Crippen LogP contribution in [0.3, 0.4) is 0 Å². The van der Waals surface area contributed by atoms with E-state index >= 15 is 0 Å². The second-order valence-corrected chi connectivity index (χ2v) is 5.22. The number of hydrogen-bond donors (Lipinski definition) is 1. The van der Waals surface area contributed by atoms with Crippen molar-refractivity contribution in [2.75, 3.05) is 4.72 Å². The zero-order valence-electron chi connectivity index (χ0n) is 9.54. The summed E-state index contributed by atoms with van der Waals surface area (Å²) in [4.78, 5) is 3.35. The van der Waals surface area contributed by atoms with Crippen molar-refractivity contribution in [2.45, 2.75) is 4.90 Å². The van der Waals surface area contributed by atoms with Gasteiger partial charge in [0.25, 0.3) is 10.0 Å². The van der Waals surface area contributed by atoms with Crippen LogP contribution in [0.1, 0.15) is 5.56 Å². The fraction of sp³-hybridized carbons (Fsp3) is 0. The van der Waals surface area contributed by atoms with Crippen LogP contribution in [0.4, 0.5) is 10.1 Å². The molecule has 0 aliphatic carbocycles. The fourth-order valence-corrected chi connectivity index (χ4v) is 2.68. The number of aromatic nitrogens is 1. The van der Waals surface area contributed by atoms with E-state index in [4.69, 9.17) is 5.26 Å². The van der Waals surface area contributed by atoms with E-state index in [0.717, 1.165) is 6.07 Å². The van der Waals surface area contributed by atoms with E-state index in [0.29, 0.717) is 0 Å². The molecule has 0 aliphatic rings. The first-order chi connectivity index (χ1) is 9.04. The molecule has 0 spiro atoms. The number of rotatable bonds is 3. The molecule has 0 atom stereocenters. The van der Waals surface area contributed by atoms with Gasteiger partial charge in [-0.1, -0.05) is 6.07 Å². The van der Waals surface area contributed by atoms with E-state index in [-0.39, 0.29) is 5.69 Å². The van der Waals surface area contributed by atoms with Crippen LogP contribution in [0, 0.1) is 17.1 Å². The Kier molecular flexibility index (Phi) is 3.44. The largest absolute Gasteiger partial charge is 0.278 e. The highest BCUT2D eigenvalue weighted by molar-refractivity contribution is 7.92. The van der Waals surface area contributed by atoms with Crippen LogP contribution in [-0.4, -0.2) is 13.4 Å². The zero-order chi connectivity index (χ0) is 13.9. The first kappa shape index (κ1) is 13.0. The van der Waals surface area contributed by atoms with Crippen molar-refractivity contribution in [3.63, 3.8) is 0 Å². The Morgan fingerprint density at radius 2 is 2.05 bits per heavy atom. The van der Waals surface area contributed by atoms with Crippen LogP contribution in [0.5, 0.6) is 0 Å². The van der Waals surface area contributed by atoms with Gasteiger partial charge in [0.1, 0.15) is 22.3 Å². The smallest absolute Gasteiger partial charge is 0.263 e. The third-order valence-corrected chi connectivity index (χ3v) is 3.71. The third-order valence-electron chi connectivity index (χ3n) is 2.29. The maximum Gasteiger partial charge on any atom is 0.263 e. The highest BCUT2D eigenvalue weighted by Crippen LogP contribution is 2.20. The molecule has 7 heteroatoms. The molecule has 19 heavy (non-hydrogen) atoms. The molecule has 2 rings (SSSR count). The fourth-order valence-electron chi connectivity index (χ4n) is 1.47. The standard InChI is InChI=1S/C12H8FN3O2S/c13-11-4-1-5-12(10(11)7-14)19(17,18)16-9-3-2-6-15-8-9/h1-6,8,16H. The average molecular weight is 277 g/mol. The molecular weight excluding hydrogens is 269 g/mol. The highest BCUT2D eigenvalue weighted by Gasteiger charge is 2.21. The van der Waals surface area contributed by atoms with Gasteiger partial charge in [-0.3, -0.25) is 9.71 Å². The quantitative estimate of drug-likeness (QED) is 0.928. The summed E-state index contributed by atoms with van der Waals surface area (Å²) in [6.07, 6.45) is 2.80. The van der Waals surface area contributed by atoms with Crippen molar-refractivity contribution in [3.05, 3.63) is 54.1 Å². The number of benzene rings is 1. The predicted octanol–water partition coefficient (Wildman–Crippen LogP) is 1.89. The summed E-state index contributed by atoms with van der Waals surface area (Å²) in [5.74, 6) is -0.878. The average Bonchev–Trinajstić information content (AvgIpc) is 2.39. The van der Waals surface area contributed by atoms with Gasteiger partial charge in [0.2, 0.25) is 0 Å². The van der Waals surface area contributed by atoms with Crippen LogP contribution in [0.25, 0.3) is 0 Å². The van der Waals surface area contributed by atoms with Gasteiger partial charge in [-0.25, -0.2) is 12.8 Å². The molecule has 0 saturated heterocycles. The van der Waals surface area contributed by atoms with Gasteiger partial charge in [-0.2, -0.15) is 5.26 Å². The van der Waals surface area contributed by atoms with Crippen LogP contribution in [-0.2, 0) is 10.0 Å². The van der Waals surface area contributed by atoms with Gasteiger partial charge in [-0.05, 0) is 24.3 Å². The molecule has 0 saturated carbocycles. The summed E-state index contributed by atoms with van der Waals surface area (Å²) in [7, 11) is -4.03. The van der Waals surface area contributed by atoms with Crippen molar-refractivity contribution >= 4 is 15.7 Å². The van der Waals surface area contributed by atoms with E-state index in [9.17, 15) is 12.8 Å². The Bertz CT molecular complexity index is 739. The Balaban J connectivity index is 2.47. The first-order valence-electron chi connectivity index (χ1n) is 5.16. The Morgan fingerprint density at radius 3 is 2.68 bits per heavy atom. The molecule has 0 fully saturated rings. The van der Waals surface area contributed by atoms with Crippen molar-refractivity contribution in [2.24, 2.45) is 0 Å². The monoisotopic (exact) mass is 277 g/mol. The summed E-state index contributed by atoms with van der Waals surface area (Å²) in [5, 5.41) is 8.83. The summed E-state index contributed by atoms with van der Waals surface area (Å²) in [5.41, 5.74) is -0.283. The molecule has 5 nitrogen and oxygen atoms in total. The molecule has 1 N–H and O–H groups in total. The first-order valence-corrected chi connectivity index (χ1v) is 6.64. The number of nitrogens with one attached hydrogen (secondary N) is 1. The summed E-state index contributed by atoms with van der Waals surface area (Å²) in [6.45, 7) is 0. The molecule has 96 valence electrons. The van der Waals surface area contributed by atoms with E-state index in [1.165, 1.54) is 30.6 Å². The topological polar surface area (TPSA) is 82.8 Å². The van der Waals surface area contributed by atoms with Crippen molar-refractivity contribution in [1.82, 2.24) is 4.98 Å². The molecule has 2 aromatic rings. The molecule has 0 amide bonds. The summed E-state index contributed by atoms with van der Waals surface area (Å²) >= 11 is 0. The molecule has 1 heterocycles. The number of hydrogen-bond acceptors (Lipinski definition) is 4. The second-order valence-electron chi connectivity index (χ2n) is 3.57. The van der Waals surface area contributed by atoms with Gasteiger partial charge in [0, 0.05) is 6.20 Å². The molecule has 0 unspecified atom stereocenters. The highest BCUT2D eigenvalue weighted by atomic mass is 32.2. The lowest BCUT2D eigenvalue weighted by atomic mass is 10.2. The number of nitriles is 1. The third kappa shape index (κ3) is 2.69. The van der Waals surface area contributed by atoms with Gasteiger partial charge in [0.15, 0.2) is 0 Å². The summed E-state index contributed by atoms with van der Waals surface area (Å²) < 4.78 is 39.8. The van der Waals surface area contributed by atoms with Gasteiger partial charge in [-0.15, -0.1) is 0 Å². The maximum absolute atomic E-state index is 13.4. The number of halogens is 1. The van der Waals surface area contributed by atoms with E-state index in [1.54, 1.807) is 12.1 Å². The predicted molar refractivity (Wildman–Crippen MR) is 66.2 cm³/mol. The van der Waals surface area contributed by atoms with Crippen LogP contribution in [0.2, 0.25) is 0 Å². The minimum Gasteiger partial charge on any atom is -0.278 e. The minimum absolute atomic E-state index is 0.232. The number of sulfonamides is 1. The van der Waals surface area contributed by atoms with E-state index < -0.39 is 26.3 Å². The van der Waals surface area contributed by atoms with Crippen molar-refractivity contribution in [1.29, 1.82) is 5.26 Å². The molecule has 1 aromatic heterocycles. The SMILES string of the molecule is N#Cc1c(F)cccc1S(=O)(=O)Nc1cccnc1. The summed E-state index contributed by atoms with van der Waals surface area (Å²) in [6, 6.07) is 8.02. The molecule has 1 aromatic carbocycles. The number of pyridine rings is 1. The maximum atomic E-state index is 13.4. The molecule has 0 bridgehead atoms. The lowest BCUT2D eigenvalue weighted by molar-refractivity contribution is 0.593. The lowest BCUT2D eigenvalue weighted by Crippen LogP contribution is -2.15.